The van der Waals surface area contributed by atoms with E-state index in [2.05, 4.69) is 30.2 Å². The number of aryl methyl sites for hydroxylation is 2. The third-order valence-corrected chi connectivity index (χ3v) is 3.85. The molecule has 0 saturated carbocycles. The van der Waals surface area contributed by atoms with Crippen LogP contribution in [-0.2, 0) is 6.54 Å². The zero-order valence-corrected chi connectivity index (χ0v) is 13.9. The van der Waals surface area contributed by atoms with Crippen LogP contribution in [0.3, 0.4) is 0 Å². The molecule has 3 aromatic heterocycles. The Morgan fingerprint density at radius 3 is 2.46 bits per heavy atom. The van der Waals surface area contributed by atoms with Crippen molar-refractivity contribution in [2.75, 3.05) is 13.1 Å². The molecule has 0 unspecified atom stereocenters. The number of nitrogens with one attached hydrogen (secondary N) is 2. The molecule has 0 atom stereocenters. The molecule has 0 spiro atoms. The Bertz CT molecular complexity index is 855. The van der Waals surface area contributed by atoms with Gasteiger partial charge in [-0.25, -0.2) is 19.9 Å². The maximum absolute atomic E-state index is 11.7. The summed E-state index contributed by atoms with van der Waals surface area (Å²) in [5, 5.41) is 3.22. The van der Waals surface area contributed by atoms with Crippen LogP contribution in [0.5, 0.6) is 0 Å². The standard InChI is InChI=1S/C12H12N6O.C4H9N/c1-3-18-10(8-4-13-7(2)14-5-8)17-9-11(18)15-6-16-12(9)19;1-2-4-5-3-1/h4-6H,3H2,1-2H3,(H,15,16,19);5H,1-4H2. The molecule has 1 aliphatic heterocycles. The van der Waals surface area contributed by atoms with E-state index in [4.69, 9.17) is 0 Å². The number of aromatic amines is 1. The Kier molecular flexibility index (Phi) is 4.95. The van der Waals surface area contributed by atoms with E-state index in [1.165, 1.54) is 32.3 Å². The van der Waals surface area contributed by atoms with Gasteiger partial charge in [-0.05, 0) is 39.8 Å². The lowest BCUT2D eigenvalue weighted by Crippen LogP contribution is -2.07. The van der Waals surface area contributed by atoms with Crippen LogP contribution in [0.4, 0.5) is 0 Å². The van der Waals surface area contributed by atoms with Crippen LogP contribution >= 0.6 is 0 Å². The Balaban J connectivity index is 0.000000290. The molecule has 0 aromatic carbocycles. The molecule has 0 bridgehead atoms. The number of hydrogen-bond acceptors (Lipinski definition) is 6. The van der Waals surface area contributed by atoms with Crippen LogP contribution in [0.15, 0.2) is 23.5 Å². The SMILES string of the molecule is C1CCNC1.CCn1c(-c2cnc(C)nc2)nc2c(=O)[nH]cnc21. The number of nitrogens with zero attached hydrogens (tertiary/aromatic N) is 5. The van der Waals surface area contributed by atoms with Gasteiger partial charge in [0.2, 0.25) is 0 Å². The minimum atomic E-state index is -0.244. The largest absolute Gasteiger partial charge is 0.317 e. The third kappa shape index (κ3) is 3.33. The molecule has 0 aliphatic carbocycles. The summed E-state index contributed by atoms with van der Waals surface area (Å²) in [6.45, 7) is 6.96. The first-order valence-corrected chi connectivity index (χ1v) is 8.14. The lowest BCUT2D eigenvalue weighted by Gasteiger charge is -2.04. The number of aromatic nitrogens is 6. The van der Waals surface area contributed by atoms with Gasteiger partial charge in [-0.1, -0.05) is 0 Å². The van der Waals surface area contributed by atoms with Gasteiger partial charge >= 0.3 is 0 Å². The highest BCUT2D eigenvalue weighted by molar-refractivity contribution is 5.75. The molecule has 126 valence electrons. The highest BCUT2D eigenvalue weighted by Crippen LogP contribution is 2.20. The lowest BCUT2D eigenvalue weighted by atomic mass is 10.3. The molecule has 24 heavy (non-hydrogen) atoms. The smallest absolute Gasteiger partial charge is 0.278 e. The summed E-state index contributed by atoms with van der Waals surface area (Å²) >= 11 is 0. The average Bonchev–Trinajstić information content (AvgIpc) is 3.27. The van der Waals surface area contributed by atoms with E-state index >= 15 is 0 Å². The fourth-order valence-corrected chi connectivity index (χ4v) is 2.60. The summed E-state index contributed by atoms with van der Waals surface area (Å²) in [6, 6.07) is 0. The molecule has 0 radical (unpaired) electrons. The van der Waals surface area contributed by atoms with E-state index in [0.717, 1.165) is 5.56 Å². The Hall–Kier alpha value is -2.61. The van der Waals surface area contributed by atoms with Gasteiger partial charge in [-0.15, -0.1) is 0 Å². The van der Waals surface area contributed by atoms with E-state index in [-0.39, 0.29) is 5.56 Å². The molecule has 0 amide bonds. The van der Waals surface area contributed by atoms with Crippen molar-refractivity contribution in [3.05, 3.63) is 34.9 Å². The Morgan fingerprint density at radius 1 is 1.17 bits per heavy atom. The first-order chi connectivity index (χ1) is 11.7. The van der Waals surface area contributed by atoms with Crippen molar-refractivity contribution in [2.24, 2.45) is 0 Å². The van der Waals surface area contributed by atoms with Gasteiger partial charge in [0, 0.05) is 18.9 Å². The molecule has 4 rings (SSSR count). The molecule has 1 aliphatic rings. The average molecular weight is 327 g/mol. The first kappa shape index (κ1) is 16.3. The summed E-state index contributed by atoms with van der Waals surface area (Å²) in [7, 11) is 0. The van der Waals surface area contributed by atoms with E-state index in [1.54, 1.807) is 12.4 Å². The predicted octanol–water partition coefficient (Wildman–Crippen LogP) is 1.27. The minimum absolute atomic E-state index is 0.244. The lowest BCUT2D eigenvalue weighted by molar-refractivity contribution is 0.784. The van der Waals surface area contributed by atoms with Crippen LogP contribution in [0, 0.1) is 6.92 Å². The van der Waals surface area contributed by atoms with Crippen molar-refractivity contribution in [1.82, 2.24) is 34.8 Å². The molecule has 2 N–H and O–H groups in total. The predicted molar refractivity (Wildman–Crippen MR) is 91.7 cm³/mol. The Morgan fingerprint density at radius 2 is 1.88 bits per heavy atom. The van der Waals surface area contributed by atoms with Gasteiger partial charge in [0.05, 0.1) is 11.9 Å². The monoisotopic (exact) mass is 327 g/mol. The summed E-state index contributed by atoms with van der Waals surface area (Å²) in [6.07, 6.45) is 7.56. The fourth-order valence-electron chi connectivity index (χ4n) is 2.60. The number of fused-ring (bicyclic) bond motifs is 1. The number of hydrogen-bond donors (Lipinski definition) is 2. The van der Waals surface area contributed by atoms with Gasteiger partial charge in [0.25, 0.3) is 5.56 Å². The number of H-pyrrole nitrogens is 1. The van der Waals surface area contributed by atoms with Crippen molar-refractivity contribution in [3.8, 4) is 11.4 Å². The van der Waals surface area contributed by atoms with Gasteiger partial charge < -0.3 is 14.9 Å². The van der Waals surface area contributed by atoms with Crippen molar-refractivity contribution in [2.45, 2.75) is 33.2 Å². The number of imidazole rings is 1. The highest BCUT2D eigenvalue weighted by atomic mass is 16.1. The van der Waals surface area contributed by atoms with Gasteiger partial charge in [-0.3, -0.25) is 4.79 Å². The van der Waals surface area contributed by atoms with Crippen LogP contribution in [0.25, 0.3) is 22.6 Å². The molecule has 1 fully saturated rings. The van der Waals surface area contributed by atoms with E-state index < -0.39 is 0 Å². The second kappa shape index (κ2) is 7.31. The zero-order chi connectivity index (χ0) is 16.9. The molecule has 8 heteroatoms. The normalized spacial score (nSPS) is 13.8. The highest BCUT2D eigenvalue weighted by Gasteiger charge is 2.15. The maximum Gasteiger partial charge on any atom is 0.278 e. The Labute approximate surface area is 139 Å². The molecular weight excluding hydrogens is 306 g/mol. The van der Waals surface area contributed by atoms with E-state index in [1.807, 2.05) is 18.4 Å². The van der Waals surface area contributed by atoms with Crippen LogP contribution in [-0.4, -0.2) is 42.6 Å². The van der Waals surface area contributed by atoms with Crippen molar-refractivity contribution in [3.63, 3.8) is 0 Å². The van der Waals surface area contributed by atoms with Gasteiger partial charge in [0.15, 0.2) is 11.2 Å². The first-order valence-electron chi connectivity index (χ1n) is 8.14. The van der Waals surface area contributed by atoms with Crippen LogP contribution in [0.1, 0.15) is 25.6 Å². The molecule has 4 heterocycles. The van der Waals surface area contributed by atoms with Crippen LogP contribution < -0.4 is 10.9 Å². The summed E-state index contributed by atoms with van der Waals surface area (Å²) in [4.78, 5) is 31.1. The van der Waals surface area contributed by atoms with Crippen LogP contribution in [0.2, 0.25) is 0 Å². The number of rotatable bonds is 2. The molecule has 3 aromatic rings. The summed E-state index contributed by atoms with van der Waals surface area (Å²) < 4.78 is 1.87. The van der Waals surface area contributed by atoms with Crippen molar-refractivity contribution in [1.29, 1.82) is 0 Å². The van der Waals surface area contributed by atoms with Gasteiger partial charge in [0.1, 0.15) is 11.6 Å². The molecule has 8 nitrogen and oxygen atoms in total. The second-order valence-electron chi connectivity index (χ2n) is 5.56. The third-order valence-electron chi connectivity index (χ3n) is 3.85. The van der Waals surface area contributed by atoms with Gasteiger partial charge in [-0.2, -0.15) is 0 Å². The second-order valence-corrected chi connectivity index (χ2v) is 5.56. The maximum atomic E-state index is 11.7. The summed E-state index contributed by atoms with van der Waals surface area (Å²) in [5.41, 5.74) is 1.43. The molecule has 1 saturated heterocycles. The van der Waals surface area contributed by atoms with Crippen molar-refractivity contribution < 1.29 is 0 Å². The topological polar surface area (TPSA) is 101 Å². The summed E-state index contributed by atoms with van der Waals surface area (Å²) in [5.74, 6) is 1.35. The molecular formula is C16H21N7O. The van der Waals surface area contributed by atoms with E-state index in [9.17, 15) is 4.79 Å². The minimum Gasteiger partial charge on any atom is -0.317 e. The fraction of sp³-hybridized carbons (Fsp3) is 0.438. The van der Waals surface area contributed by atoms with E-state index in [0.29, 0.717) is 29.4 Å². The van der Waals surface area contributed by atoms with Crippen molar-refractivity contribution >= 4 is 11.2 Å². The zero-order valence-electron chi connectivity index (χ0n) is 13.9. The quantitative estimate of drug-likeness (QED) is 0.735.